The van der Waals surface area contributed by atoms with Crippen molar-refractivity contribution in [3.8, 4) is 0 Å². The van der Waals surface area contributed by atoms with Crippen molar-refractivity contribution in [1.82, 2.24) is 0 Å². The first-order valence-corrected chi connectivity index (χ1v) is 9.40. The number of carbonyl (C=O) groups is 1. The van der Waals surface area contributed by atoms with Gasteiger partial charge in [0.25, 0.3) is 0 Å². The van der Waals surface area contributed by atoms with Gasteiger partial charge >= 0.3 is 0 Å². The second kappa shape index (κ2) is 11.6. The van der Waals surface area contributed by atoms with Crippen molar-refractivity contribution in [1.29, 1.82) is 0 Å². The summed E-state index contributed by atoms with van der Waals surface area (Å²) in [4.78, 5) is 21.3. The van der Waals surface area contributed by atoms with Crippen molar-refractivity contribution in [2.24, 2.45) is 4.99 Å². The highest BCUT2D eigenvalue weighted by Gasteiger charge is 2.40. The molecule has 0 fully saturated rings. The summed E-state index contributed by atoms with van der Waals surface area (Å²) in [7, 11) is 0. The topological polar surface area (TPSA) is 61.7 Å². The number of unbranched alkanes of at least 4 members (excludes halogenated alkanes) is 8. The number of hydrogen-bond acceptors (Lipinski definition) is 4. The molecule has 1 atom stereocenters. The number of nitrogens with zero attached hydrogens (tertiary/aromatic N) is 2. The first-order valence-electron chi connectivity index (χ1n) is 9.40. The van der Waals surface area contributed by atoms with Gasteiger partial charge in [-0.25, -0.2) is 4.99 Å². The SMILES string of the molecule is CCCCCCCCCCCC1=NCC[N+]1(CC(=O)[O-])OCC. The zero-order chi connectivity index (χ0) is 17.0. The van der Waals surface area contributed by atoms with Crippen molar-refractivity contribution in [2.75, 3.05) is 26.2 Å². The van der Waals surface area contributed by atoms with E-state index in [1.807, 2.05) is 6.92 Å². The summed E-state index contributed by atoms with van der Waals surface area (Å²) >= 11 is 0. The Morgan fingerprint density at radius 2 is 1.70 bits per heavy atom. The predicted molar refractivity (Wildman–Crippen MR) is 90.8 cm³/mol. The van der Waals surface area contributed by atoms with Gasteiger partial charge in [0, 0.05) is 6.42 Å². The average Bonchev–Trinajstić information content (AvgIpc) is 2.87. The Morgan fingerprint density at radius 3 is 2.26 bits per heavy atom. The minimum absolute atomic E-state index is 0.0514. The van der Waals surface area contributed by atoms with Gasteiger partial charge in [-0.3, -0.25) is 0 Å². The van der Waals surface area contributed by atoms with Crippen molar-refractivity contribution >= 4 is 11.8 Å². The summed E-state index contributed by atoms with van der Waals surface area (Å²) in [5.74, 6) is -0.181. The molecule has 0 N–H and O–H groups in total. The molecule has 1 unspecified atom stereocenters. The molecule has 134 valence electrons. The van der Waals surface area contributed by atoms with Gasteiger partial charge in [0.1, 0.15) is 13.2 Å². The Morgan fingerprint density at radius 1 is 1.09 bits per heavy atom. The number of aliphatic carboxylic acids is 1. The Hall–Kier alpha value is -0.940. The van der Waals surface area contributed by atoms with Crippen LogP contribution in [0.4, 0.5) is 0 Å². The molecule has 23 heavy (non-hydrogen) atoms. The fourth-order valence-corrected chi connectivity index (χ4v) is 3.29. The lowest BCUT2D eigenvalue weighted by molar-refractivity contribution is -1.03. The molecule has 0 bridgehead atoms. The molecule has 0 aromatic carbocycles. The number of quaternary nitrogens is 1. The van der Waals surface area contributed by atoms with Gasteiger partial charge in [0.05, 0.1) is 12.5 Å². The highest BCUT2D eigenvalue weighted by atomic mass is 16.7. The van der Waals surface area contributed by atoms with Crippen LogP contribution in [0.25, 0.3) is 0 Å². The van der Waals surface area contributed by atoms with Crippen LogP contribution >= 0.6 is 0 Å². The summed E-state index contributed by atoms with van der Waals surface area (Å²) in [6.45, 7) is 5.78. The lowest BCUT2D eigenvalue weighted by Crippen LogP contribution is -2.56. The second-order valence-corrected chi connectivity index (χ2v) is 6.44. The number of carbonyl (C=O) groups excluding carboxylic acids is 1. The van der Waals surface area contributed by atoms with Gasteiger partial charge < -0.3 is 9.90 Å². The van der Waals surface area contributed by atoms with Gasteiger partial charge in [-0.05, 0) is 13.3 Å². The molecule has 0 spiro atoms. The molecule has 0 aromatic heterocycles. The van der Waals surface area contributed by atoms with E-state index >= 15 is 0 Å². The van der Waals surface area contributed by atoms with Gasteiger partial charge in [-0.2, -0.15) is 4.84 Å². The summed E-state index contributed by atoms with van der Waals surface area (Å²) < 4.78 is 0.0514. The van der Waals surface area contributed by atoms with E-state index in [4.69, 9.17) is 4.84 Å². The van der Waals surface area contributed by atoms with Gasteiger partial charge in [0.2, 0.25) is 5.84 Å². The predicted octanol–water partition coefficient (Wildman–Crippen LogP) is 2.84. The molecule has 5 nitrogen and oxygen atoms in total. The highest BCUT2D eigenvalue weighted by molar-refractivity contribution is 5.78. The Labute approximate surface area is 141 Å². The maximum absolute atomic E-state index is 11.0. The van der Waals surface area contributed by atoms with E-state index in [2.05, 4.69) is 11.9 Å². The fraction of sp³-hybridized carbons (Fsp3) is 0.889. The van der Waals surface area contributed by atoms with Crippen molar-refractivity contribution in [3.63, 3.8) is 0 Å². The molecule has 0 aliphatic carbocycles. The quantitative estimate of drug-likeness (QED) is 0.364. The van der Waals surface area contributed by atoms with E-state index in [1.165, 1.54) is 51.4 Å². The van der Waals surface area contributed by atoms with Crippen LogP contribution in [0.15, 0.2) is 4.99 Å². The molecule has 0 saturated heterocycles. The van der Waals surface area contributed by atoms with Gasteiger partial charge in [-0.15, -0.1) is 4.65 Å². The summed E-state index contributed by atoms with van der Waals surface area (Å²) in [6, 6.07) is 0. The third-order valence-electron chi connectivity index (χ3n) is 4.49. The smallest absolute Gasteiger partial charge is 0.231 e. The van der Waals surface area contributed by atoms with Crippen LogP contribution in [0, 0.1) is 0 Å². The third-order valence-corrected chi connectivity index (χ3v) is 4.49. The molecule has 0 saturated carbocycles. The summed E-state index contributed by atoms with van der Waals surface area (Å²) in [6.07, 6.45) is 12.4. The van der Waals surface area contributed by atoms with Gasteiger partial charge in [-0.1, -0.05) is 58.3 Å². The van der Waals surface area contributed by atoms with Crippen LogP contribution in [0.5, 0.6) is 0 Å². The second-order valence-electron chi connectivity index (χ2n) is 6.44. The monoisotopic (exact) mass is 326 g/mol. The molecule has 0 aromatic rings. The zero-order valence-corrected chi connectivity index (χ0v) is 15.0. The van der Waals surface area contributed by atoms with E-state index in [0.29, 0.717) is 19.7 Å². The number of carboxylic acids is 1. The number of carboxylic acid groups (broad SMARTS) is 1. The highest BCUT2D eigenvalue weighted by Crippen LogP contribution is 2.21. The molecular formula is C18H34N2O3. The van der Waals surface area contributed by atoms with Crippen molar-refractivity contribution in [3.05, 3.63) is 0 Å². The number of aliphatic imine (C=N–C) groups is 1. The maximum Gasteiger partial charge on any atom is 0.231 e. The standard InChI is InChI=1S/C18H34N2O3/c1-3-5-6-7-8-9-10-11-12-13-17-19-14-15-20(17,23-4-2)16-18(21)22/h3-16H2,1-2H3. The van der Waals surface area contributed by atoms with Crippen molar-refractivity contribution < 1.29 is 19.4 Å². The van der Waals surface area contributed by atoms with E-state index in [9.17, 15) is 9.90 Å². The van der Waals surface area contributed by atoms with Crippen LogP contribution in [0.1, 0.15) is 78.1 Å². The van der Waals surface area contributed by atoms with Crippen LogP contribution in [-0.2, 0) is 9.63 Å². The molecule has 0 radical (unpaired) electrons. The van der Waals surface area contributed by atoms with Crippen LogP contribution in [-0.4, -0.2) is 42.7 Å². The Balaban J connectivity index is 2.23. The third kappa shape index (κ3) is 7.44. The maximum atomic E-state index is 11.0. The molecule has 1 aliphatic rings. The first-order chi connectivity index (χ1) is 11.1. The Kier molecular flexibility index (Phi) is 10.1. The average molecular weight is 326 g/mol. The largest absolute Gasteiger partial charge is 0.544 e. The molecule has 0 amide bonds. The molecule has 1 heterocycles. The van der Waals surface area contributed by atoms with Crippen LogP contribution in [0.2, 0.25) is 0 Å². The summed E-state index contributed by atoms with van der Waals surface area (Å²) in [5, 5.41) is 11.0. The number of amidine groups is 1. The van der Waals surface area contributed by atoms with Crippen LogP contribution in [0.3, 0.4) is 0 Å². The zero-order valence-electron chi connectivity index (χ0n) is 15.0. The minimum atomic E-state index is -1.07. The number of hydrogen-bond donors (Lipinski definition) is 0. The van der Waals surface area contributed by atoms with Crippen molar-refractivity contribution in [2.45, 2.75) is 78.1 Å². The number of rotatable bonds is 14. The van der Waals surface area contributed by atoms with E-state index in [1.54, 1.807) is 0 Å². The van der Waals surface area contributed by atoms with E-state index < -0.39 is 5.97 Å². The molecule has 5 heteroatoms. The lowest BCUT2D eigenvalue weighted by atomic mass is 10.1. The van der Waals surface area contributed by atoms with E-state index in [0.717, 1.165) is 18.7 Å². The van der Waals surface area contributed by atoms with Gasteiger partial charge in [0.15, 0.2) is 6.54 Å². The fourth-order valence-electron chi connectivity index (χ4n) is 3.29. The van der Waals surface area contributed by atoms with Crippen LogP contribution < -0.4 is 5.11 Å². The van der Waals surface area contributed by atoms with E-state index in [-0.39, 0.29) is 11.2 Å². The lowest BCUT2D eigenvalue weighted by Gasteiger charge is -2.31. The normalized spacial score (nSPS) is 20.7. The molecule has 1 rings (SSSR count). The molecule has 1 aliphatic heterocycles. The number of hydroxylamine groups is 3. The summed E-state index contributed by atoms with van der Waals surface area (Å²) in [5.41, 5.74) is 0. The molecular weight excluding hydrogens is 292 g/mol. The minimum Gasteiger partial charge on any atom is -0.544 e. The Bertz CT molecular complexity index is 371. The first kappa shape index (κ1) is 20.1.